The van der Waals surface area contributed by atoms with Crippen molar-refractivity contribution in [1.29, 1.82) is 0 Å². The van der Waals surface area contributed by atoms with Crippen LogP contribution in [0.4, 0.5) is 4.79 Å². The van der Waals surface area contributed by atoms with Gasteiger partial charge in [-0.3, -0.25) is 14.6 Å². The van der Waals surface area contributed by atoms with Gasteiger partial charge in [-0.15, -0.1) is 0 Å². The van der Waals surface area contributed by atoms with Gasteiger partial charge in [-0.25, -0.2) is 4.79 Å². The number of hydrogen-bond donors (Lipinski definition) is 0. The summed E-state index contributed by atoms with van der Waals surface area (Å²) in [7, 11) is 1.47. The molecular formula is C11H15BrN2O4. The molecule has 0 bridgehead atoms. The topological polar surface area (TPSA) is 59.1 Å². The zero-order valence-electron chi connectivity index (χ0n) is 10.5. The van der Waals surface area contributed by atoms with Crippen molar-refractivity contribution in [3.05, 3.63) is 11.6 Å². The first kappa shape index (κ1) is 13.2. The lowest BCUT2D eigenvalue weighted by molar-refractivity contribution is -0.129. The second kappa shape index (κ2) is 4.79. The molecule has 2 aliphatic rings. The Bertz CT molecular complexity index is 421. The summed E-state index contributed by atoms with van der Waals surface area (Å²) in [5.74, 6) is -0.0606. The van der Waals surface area contributed by atoms with Gasteiger partial charge in [-0.2, -0.15) is 0 Å². The molecule has 0 aromatic heterocycles. The Labute approximate surface area is 114 Å². The number of carbonyl (C=O) groups is 2. The van der Waals surface area contributed by atoms with Gasteiger partial charge in [0.1, 0.15) is 17.1 Å². The SMILES string of the molecule is CC(C)OC1=C2C(Br)C(=O)N(C)C(=O)N2CCO1. The largest absolute Gasteiger partial charge is 0.462 e. The van der Waals surface area contributed by atoms with Crippen molar-refractivity contribution in [3.8, 4) is 0 Å². The van der Waals surface area contributed by atoms with Gasteiger partial charge in [-0.05, 0) is 13.8 Å². The van der Waals surface area contributed by atoms with Crippen LogP contribution in [0.1, 0.15) is 13.8 Å². The van der Waals surface area contributed by atoms with Gasteiger partial charge in [0.2, 0.25) is 5.91 Å². The Kier molecular flexibility index (Phi) is 3.52. The van der Waals surface area contributed by atoms with Gasteiger partial charge in [-0.1, -0.05) is 15.9 Å². The molecule has 100 valence electrons. The summed E-state index contributed by atoms with van der Waals surface area (Å²) in [5.41, 5.74) is 0.461. The summed E-state index contributed by atoms with van der Waals surface area (Å²) < 4.78 is 10.9. The molecule has 6 nitrogen and oxygen atoms in total. The van der Waals surface area contributed by atoms with E-state index in [9.17, 15) is 9.59 Å². The Balaban J connectivity index is 2.41. The molecule has 0 aromatic carbocycles. The number of imide groups is 1. The highest BCUT2D eigenvalue weighted by atomic mass is 79.9. The fourth-order valence-electron chi connectivity index (χ4n) is 1.84. The van der Waals surface area contributed by atoms with Crippen LogP contribution in [-0.4, -0.2) is 52.9 Å². The summed E-state index contributed by atoms with van der Waals surface area (Å²) in [6, 6.07) is -0.348. The van der Waals surface area contributed by atoms with E-state index in [0.29, 0.717) is 18.8 Å². The minimum Gasteiger partial charge on any atom is -0.462 e. The van der Waals surface area contributed by atoms with E-state index in [1.54, 1.807) is 0 Å². The van der Waals surface area contributed by atoms with Crippen molar-refractivity contribution in [3.63, 3.8) is 0 Å². The molecule has 0 spiro atoms. The number of urea groups is 1. The molecule has 2 heterocycles. The van der Waals surface area contributed by atoms with Crippen LogP contribution < -0.4 is 0 Å². The van der Waals surface area contributed by atoms with Crippen molar-refractivity contribution < 1.29 is 19.1 Å². The fourth-order valence-corrected chi connectivity index (χ4v) is 2.59. The van der Waals surface area contributed by atoms with Gasteiger partial charge in [0.05, 0.1) is 12.6 Å². The van der Waals surface area contributed by atoms with Crippen LogP contribution in [0.2, 0.25) is 0 Å². The highest BCUT2D eigenvalue weighted by Gasteiger charge is 2.44. The summed E-state index contributed by atoms with van der Waals surface area (Å²) in [4.78, 5) is 25.9. The molecule has 0 aliphatic carbocycles. The minimum atomic E-state index is -0.616. The van der Waals surface area contributed by atoms with Crippen LogP contribution in [0.5, 0.6) is 0 Å². The number of amides is 3. The predicted molar refractivity (Wildman–Crippen MR) is 66.8 cm³/mol. The number of alkyl halides is 1. The Morgan fingerprint density at radius 2 is 2.11 bits per heavy atom. The van der Waals surface area contributed by atoms with E-state index in [-0.39, 0.29) is 24.0 Å². The molecule has 2 aliphatic heterocycles. The minimum absolute atomic E-state index is 0.0861. The highest BCUT2D eigenvalue weighted by molar-refractivity contribution is 9.10. The molecule has 1 unspecified atom stereocenters. The van der Waals surface area contributed by atoms with Crippen molar-refractivity contribution in [2.45, 2.75) is 24.8 Å². The summed E-state index contributed by atoms with van der Waals surface area (Å²) in [6.07, 6.45) is -0.0861. The molecule has 2 rings (SSSR count). The zero-order chi connectivity index (χ0) is 13.4. The number of hydrogen-bond acceptors (Lipinski definition) is 4. The Morgan fingerprint density at radius 3 is 2.72 bits per heavy atom. The molecular weight excluding hydrogens is 304 g/mol. The lowest BCUT2D eigenvalue weighted by atomic mass is 10.2. The van der Waals surface area contributed by atoms with E-state index in [0.717, 1.165) is 4.90 Å². The van der Waals surface area contributed by atoms with Crippen LogP contribution in [0.15, 0.2) is 11.6 Å². The van der Waals surface area contributed by atoms with Crippen LogP contribution in [-0.2, 0) is 14.3 Å². The lowest BCUT2D eigenvalue weighted by Gasteiger charge is -2.39. The number of fused-ring (bicyclic) bond motifs is 1. The smallest absolute Gasteiger partial charge is 0.331 e. The Hall–Kier alpha value is -1.24. The maximum absolute atomic E-state index is 12.0. The monoisotopic (exact) mass is 318 g/mol. The number of ether oxygens (including phenoxy) is 2. The molecule has 0 aromatic rings. The van der Waals surface area contributed by atoms with Gasteiger partial charge in [0, 0.05) is 7.05 Å². The van der Waals surface area contributed by atoms with E-state index in [2.05, 4.69) is 15.9 Å². The van der Waals surface area contributed by atoms with E-state index in [4.69, 9.17) is 9.47 Å². The first-order valence-electron chi connectivity index (χ1n) is 5.70. The van der Waals surface area contributed by atoms with Gasteiger partial charge >= 0.3 is 12.0 Å². The van der Waals surface area contributed by atoms with Crippen LogP contribution in [0.3, 0.4) is 0 Å². The Morgan fingerprint density at radius 1 is 1.44 bits per heavy atom. The second-order valence-electron chi connectivity index (χ2n) is 4.38. The van der Waals surface area contributed by atoms with Crippen LogP contribution >= 0.6 is 15.9 Å². The first-order valence-corrected chi connectivity index (χ1v) is 6.61. The van der Waals surface area contributed by atoms with Gasteiger partial charge < -0.3 is 9.47 Å². The maximum atomic E-state index is 12.0. The molecule has 0 N–H and O–H groups in total. The van der Waals surface area contributed by atoms with Crippen LogP contribution in [0.25, 0.3) is 0 Å². The fraction of sp³-hybridized carbons (Fsp3) is 0.636. The van der Waals surface area contributed by atoms with Crippen molar-refractivity contribution in [2.75, 3.05) is 20.2 Å². The molecule has 1 saturated heterocycles. The molecule has 0 radical (unpaired) electrons. The quantitative estimate of drug-likeness (QED) is 0.719. The standard InChI is InChI=1S/C11H15BrN2O4/c1-6(2)18-10-8-7(12)9(15)13(3)11(16)14(8)4-5-17-10/h6-7H,4-5H2,1-3H3. The first-order chi connectivity index (χ1) is 8.43. The molecule has 3 amide bonds. The van der Waals surface area contributed by atoms with Crippen molar-refractivity contribution >= 4 is 27.9 Å². The van der Waals surface area contributed by atoms with Gasteiger partial charge in [0.15, 0.2) is 0 Å². The lowest BCUT2D eigenvalue weighted by Crippen LogP contribution is -2.56. The van der Waals surface area contributed by atoms with Crippen molar-refractivity contribution in [2.24, 2.45) is 0 Å². The third-order valence-corrected chi connectivity index (χ3v) is 3.52. The number of rotatable bonds is 2. The maximum Gasteiger partial charge on any atom is 0.331 e. The van der Waals surface area contributed by atoms with E-state index in [1.165, 1.54) is 11.9 Å². The van der Waals surface area contributed by atoms with E-state index >= 15 is 0 Å². The highest BCUT2D eigenvalue weighted by Crippen LogP contribution is 2.32. The van der Waals surface area contributed by atoms with E-state index in [1.807, 2.05) is 13.8 Å². The third-order valence-electron chi connectivity index (χ3n) is 2.70. The molecule has 0 saturated carbocycles. The van der Waals surface area contributed by atoms with Crippen molar-refractivity contribution in [1.82, 2.24) is 9.80 Å². The molecule has 1 fully saturated rings. The van der Waals surface area contributed by atoms with Crippen LogP contribution in [0, 0.1) is 0 Å². The third kappa shape index (κ3) is 2.07. The summed E-state index contributed by atoms with van der Waals surface area (Å²) in [6.45, 7) is 4.49. The zero-order valence-corrected chi connectivity index (χ0v) is 12.1. The second-order valence-corrected chi connectivity index (χ2v) is 5.30. The predicted octanol–water partition coefficient (Wildman–Crippen LogP) is 1.27. The normalized spacial score (nSPS) is 24.4. The number of halogens is 1. The molecule has 1 atom stereocenters. The van der Waals surface area contributed by atoms with Gasteiger partial charge in [0.25, 0.3) is 0 Å². The number of nitrogens with zero attached hydrogens (tertiary/aromatic N) is 2. The van der Waals surface area contributed by atoms with E-state index < -0.39 is 4.83 Å². The molecule has 7 heteroatoms. The number of carbonyl (C=O) groups excluding carboxylic acids is 2. The summed E-state index contributed by atoms with van der Waals surface area (Å²) >= 11 is 3.29. The average Bonchev–Trinajstić information content (AvgIpc) is 2.32. The summed E-state index contributed by atoms with van der Waals surface area (Å²) in [5, 5.41) is 0. The molecule has 18 heavy (non-hydrogen) atoms. The average molecular weight is 319 g/mol.